The maximum atomic E-state index is 9.99. The molecule has 0 saturated carbocycles. The number of hydrogen-bond donors (Lipinski definition) is 1. The summed E-state index contributed by atoms with van der Waals surface area (Å²) in [5, 5.41) is 12.6. The number of likely N-dealkylation sites (N-methyl/N-ethyl adjacent to an activating group) is 1. The Morgan fingerprint density at radius 2 is 1.84 bits per heavy atom. The summed E-state index contributed by atoms with van der Waals surface area (Å²) in [7, 11) is 4.21. The first kappa shape index (κ1) is 16.2. The molecule has 3 aromatic carbocycles. The Bertz CT molecular complexity index is 975. The number of benzene rings is 3. The van der Waals surface area contributed by atoms with E-state index in [1.807, 2.05) is 23.9 Å². The van der Waals surface area contributed by atoms with Crippen LogP contribution in [0.25, 0.3) is 16.3 Å². The molecule has 0 amide bonds. The Morgan fingerprint density at radius 1 is 1.00 bits per heavy atom. The molecule has 1 aliphatic rings. The van der Waals surface area contributed by atoms with Crippen LogP contribution in [0.5, 0.6) is 5.75 Å². The van der Waals surface area contributed by atoms with Crippen molar-refractivity contribution in [3.63, 3.8) is 0 Å². The van der Waals surface area contributed by atoms with Crippen LogP contribution in [-0.2, 0) is 0 Å². The second-order valence-corrected chi connectivity index (χ2v) is 7.70. The average Bonchev–Trinajstić information content (AvgIpc) is 2.60. The lowest BCUT2D eigenvalue weighted by Gasteiger charge is -2.26. The number of nitrogens with zero attached hydrogens (tertiary/aromatic N) is 1. The molecule has 0 atom stereocenters. The van der Waals surface area contributed by atoms with Crippen LogP contribution < -0.4 is 0 Å². The van der Waals surface area contributed by atoms with Gasteiger partial charge in [-0.05, 0) is 59.3 Å². The molecule has 25 heavy (non-hydrogen) atoms. The van der Waals surface area contributed by atoms with E-state index in [1.54, 1.807) is 6.07 Å². The predicted molar refractivity (Wildman–Crippen MR) is 107 cm³/mol. The van der Waals surface area contributed by atoms with Crippen molar-refractivity contribution in [2.75, 3.05) is 26.4 Å². The Kier molecular flexibility index (Phi) is 4.28. The van der Waals surface area contributed by atoms with Gasteiger partial charge in [0.15, 0.2) is 0 Å². The molecular weight excluding hydrogens is 326 g/mol. The maximum absolute atomic E-state index is 9.99. The topological polar surface area (TPSA) is 23.5 Å². The molecule has 0 aromatic heterocycles. The van der Waals surface area contributed by atoms with E-state index in [0.29, 0.717) is 5.75 Å². The van der Waals surface area contributed by atoms with Crippen molar-refractivity contribution in [3.05, 3.63) is 77.4 Å². The van der Waals surface area contributed by atoms with Gasteiger partial charge in [-0.15, -0.1) is 11.8 Å². The Labute approximate surface area is 152 Å². The molecule has 0 aliphatic carbocycles. The fourth-order valence-electron chi connectivity index (χ4n) is 3.54. The number of hydrogen-bond acceptors (Lipinski definition) is 3. The van der Waals surface area contributed by atoms with E-state index in [0.717, 1.165) is 17.9 Å². The van der Waals surface area contributed by atoms with Gasteiger partial charge in [-0.1, -0.05) is 48.5 Å². The number of thioether (sulfide) groups is 1. The predicted octanol–water partition coefficient (Wildman–Crippen LogP) is 5.01. The Balaban J connectivity index is 1.98. The molecule has 0 spiro atoms. The van der Waals surface area contributed by atoms with E-state index in [-0.39, 0.29) is 0 Å². The van der Waals surface area contributed by atoms with Crippen LogP contribution in [-0.4, -0.2) is 36.4 Å². The molecule has 0 saturated heterocycles. The number of fused-ring (bicyclic) bond motifs is 3. The molecule has 3 heteroatoms. The zero-order valence-corrected chi connectivity index (χ0v) is 15.3. The van der Waals surface area contributed by atoms with Gasteiger partial charge in [0.2, 0.25) is 0 Å². The third-order valence-corrected chi connectivity index (χ3v) is 5.76. The van der Waals surface area contributed by atoms with E-state index in [1.165, 1.54) is 32.4 Å². The largest absolute Gasteiger partial charge is 0.508 e. The first-order valence-corrected chi connectivity index (χ1v) is 9.43. The molecule has 1 heterocycles. The van der Waals surface area contributed by atoms with Crippen molar-refractivity contribution >= 4 is 28.1 Å². The lowest BCUT2D eigenvalue weighted by atomic mass is 9.91. The molecule has 0 fully saturated rings. The summed E-state index contributed by atoms with van der Waals surface area (Å²) >= 11 is 1.92. The first-order chi connectivity index (χ1) is 12.1. The summed E-state index contributed by atoms with van der Waals surface area (Å²) in [5.74, 6) is 1.29. The monoisotopic (exact) mass is 347 g/mol. The van der Waals surface area contributed by atoms with Crippen LogP contribution in [0.15, 0.2) is 71.1 Å². The van der Waals surface area contributed by atoms with Crippen molar-refractivity contribution in [2.24, 2.45) is 0 Å². The van der Waals surface area contributed by atoms with Crippen LogP contribution in [0.4, 0.5) is 0 Å². The average molecular weight is 347 g/mol. The van der Waals surface area contributed by atoms with Crippen molar-refractivity contribution in [1.82, 2.24) is 4.90 Å². The quantitative estimate of drug-likeness (QED) is 0.720. The van der Waals surface area contributed by atoms with Crippen LogP contribution in [0.3, 0.4) is 0 Å². The molecule has 0 radical (unpaired) electrons. The van der Waals surface area contributed by atoms with Crippen LogP contribution in [0.1, 0.15) is 11.1 Å². The second kappa shape index (κ2) is 6.58. The fourth-order valence-corrected chi connectivity index (χ4v) is 4.77. The SMILES string of the molecule is CN(C)CC1=C(c2cccc(O)c2)c2ccc3ccccc3c2SC1. The minimum Gasteiger partial charge on any atom is -0.508 e. The minimum atomic E-state index is 0.315. The van der Waals surface area contributed by atoms with Crippen LogP contribution >= 0.6 is 11.8 Å². The number of aromatic hydroxyl groups is 1. The lowest BCUT2D eigenvalue weighted by molar-refractivity contribution is 0.446. The third-order valence-electron chi connectivity index (χ3n) is 4.54. The van der Waals surface area contributed by atoms with Gasteiger partial charge in [0.05, 0.1) is 0 Å². The molecular formula is C22H21NOS. The third kappa shape index (κ3) is 3.06. The van der Waals surface area contributed by atoms with Gasteiger partial charge in [0.25, 0.3) is 0 Å². The first-order valence-electron chi connectivity index (χ1n) is 8.44. The van der Waals surface area contributed by atoms with Crippen molar-refractivity contribution in [1.29, 1.82) is 0 Å². The fraction of sp³-hybridized carbons (Fsp3) is 0.182. The van der Waals surface area contributed by atoms with Gasteiger partial charge < -0.3 is 10.0 Å². The van der Waals surface area contributed by atoms with E-state index in [2.05, 4.69) is 61.5 Å². The normalized spacial score (nSPS) is 14.2. The van der Waals surface area contributed by atoms with Crippen molar-refractivity contribution in [2.45, 2.75) is 4.90 Å². The smallest absolute Gasteiger partial charge is 0.116 e. The van der Waals surface area contributed by atoms with Crippen molar-refractivity contribution < 1.29 is 5.11 Å². The molecule has 1 aliphatic heterocycles. The minimum absolute atomic E-state index is 0.315. The van der Waals surface area contributed by atoms with Crippen LogP contribution in [0, 0.1) is 0 Å². The Hall–Kier alpha value is -2.23. The van der Waals surface area contributed by atoms with E-state index in [4.69, 9.17) is 0 Å². The zero-order chi connectivity index (χ0) is 17.4. The molecule has 1 N–H and O–H groups in total. The molecule has 3 aromatic rings. The maximum Gasteiger partial charge on any atom is 0.116 e. The van der Waals surface area contributed by atoms with Gasteiger partial charge in [0.1, 0.15) is 5.75 Å². The number of phenolic OH excluding ortho intramolecular Hbond substituents is 1. The highest BCUT2D eigenvalue weighted by Crippen LogP contribution is 2.44. The van der Waals surface area contributed by atoms with E-state index >= 15 is 0 Å². The summed E-state index contributed by atoms with van der Waals surface area (Å²) in [6.45, 7) is 0.921. The van der Waals surface area contributed by atoms with Gasteiger partial charge in [-0.2, -0.15) is 0 Å². The van der Waals surface area contributed by atoms with Gasteiger partial charge in [-0.25, -0.2) is 0 Å². The molecule has 0 bridgehead atoms. The highest BCUT2D eigenvalue weighted by Gasteiger charge is 2.23. The molecule has 0 unspecified atom stereocenters. The zero-order valence-electron chi connectivity index (χ0n) is 14.5. The lowest BCUT2D eigenvalue weighted by Crippen LogP contribution is -2.19. The highest BCUT2D eigenvalue weighted by molar-refractivity contribution is 7.99. The van der Waals surface area contributed by atoms with Gasteiger partial charge >= 0.3 is 0 Å². The summed E-state index contributed by atoms with van der Waals surface area (Å²) < 4.78 is 0. The second-order valence-electron chi connectivity index (χ2n) is 6.72. The van der Waals surface area contributed by atoms with E-state index in [9.17, 15) is 5.11 Å². The molecule has 126 valence electrons. The van der Waals surface area contributed by atoms with Gasteiger partial charge in [-0.3, -0.25) is 0 Å². The molecule has 2 nitrogen and oxygen atoms in total. The highest BCUT2D eigenvalue weighted by atomic mass is 32.2. The standard InChI is InChI=1S/C22H21NOS/c1-23(2)13-17-14-25-22-19-9-4-3-6-15(19)10-11-20(22)21(17)16-7-5-8-18(24)12-16/h3-12,24H,13-14H2,1-2H3. The van der Waals surface area contributed by atoms with E-state index < -0.39 is 0 Å². The van der Waals surface area contributed by atoms with Crippen LogP contribution in [0.2, 0.25) is 0 Å². The summed E-state index contributed by atoms with van der Waals surface area (Å²) in [6.07, 6.45) is 0. The summed E-state index contributed by atoms with van der Waals surface area (Å²) in [4.78, 5) is 3.56. The summed E-state index contributed by atoms with van der Waals surface area (Å²) in [5.41, 5.74) is 5.04. The van der Waals surface area contributed by atoms with Gasteiger partial charge in [0, 0.05) is 17.2 Å². The number of rotatable bonds is 3. The number of phenols is 1. The summed E-state index contributed by atoms with van der Waals surface area (Å²) in [6, 6.07) is 20.6. The van der Waals surface area contributed by atoms with Crippen molar-refractivity contribution in [3.8, 4) is 5.75 Å². The molecule has 4 rings (SSSR count). The Morgan fingerprint density at radius 3 is 2.64 bits per heavy atom.